The van der Waals surface area contributed by atoms with Crippen LogP contribution < -0.4 is 5.32 Å². The summed E-state index contributed by atoms with van der Waals surface area (Å²) in [6.45, 7) is 17.2. The number of carbonyl (C=O) groups is 1. The fourth-order valence-electron chi connectivity index (χ4n) is 2.90. The molecule has 0 aliphatic rings. The second kappa shape index (κ2) is 9.16. The number of aromatic hydroxyl groups is 1. The molecule has 0 spiro atoms. The van der Waals surface area contributed by atoms with Crippen molar-refractivity contribution in [3.63, 3.8) is 0 Å². The highest BCUT2D eigenvalue weighted by Crippen LogP contribution is 2.42. The summed E-state index contributed by atoms with van der Waals surface area (Å²) in [5.74, 6) is 0.435. The van der Waals surface area contributed by atoms with Crippen molar-refractivity contribution in [2.75, 3.05) is 6.54 Å². The van der Waals surface area contributed by atoms with E-state index in [4.69, 9.17) is 0 Å². The van der Waals surface area contributed by atoms with Crippen molar-refractivity contribution in [3.8, 4) is 5.75 Å². The maximum absolute atomic E-state index is 11.3. The molecule has 148 valence electrons. The third-order valence-electron chi connectivity index (χ3n) is 4.46. The Morgan fingerprint density at radius 2 is 1.62 bits per heavy atom. The van der Waals surface area contributed by atoms with E-state index in [2.05, 4.69) is 65.9 Å². The van der Waals surface area contributed by atoms with Crippen molar-refractivity contribution in [2.24, 2.45) is 0 Å². The minimum absolute atomic E-state index is 0.0172. The lowest BCUT2D eigenvalue weighted by Gasteiger charge is -2.29. The molecule has 0 bridgehead atoms. The Labute approximate surface area is 164 Å². The van der Waals surface area contributed by atoms with Gasteiger partial charge in [0.25, 0.3) is 0 Å². The molecular formula is C22H37NO2S. The average molecular weight is 380 g/mol. The van der Waals surface area contributed by atoms with E-state index in [1.54, 1.807) is 6.92 Å². The van der Waals surface area contributed by atoms with Gasteiger partial charge in [-0.1, -0.05) is 61.3 Å². The first-order valence-electron chi connectivity index (χ1n) is 9.65. The second-order valence-electron chi connectivity index (χ2n) is 9.19. The van der Waals surface area contributed by atoms with Gasteiger partial charge in [-0.3, -0.25) is 4.79 Å². The van der Waals surface area contributed by atoms with Crippen LogP contribution in [0.15, 0.2) is 17.0 Å². The topological polar surface area (TPSA) is 49.3 Å². The Morgan fingerprint density at radius 1 is 1.12 bits per heavy atom. The minimum Gasteiger partial charge on any atom is -0.507 e. The Morgan fingerprint density at radius 3 is 2.00 bits per heavy atom. The fraction of sp³-hybridized carbons (Fsp3) is 0.682. The Kier molecular flexibility index (Phi) is 8.06. The van der Waals surface area contributed by atoms with Crippen LogP contribution in [-0.4, -0.2) is 22.8 Å². The molecule has 0 radical (unpaired) electrons. The molecular weight excluding hydrogens is 342 g/mol. The monoisotopic (exact) mass is 379 g/mol. The molecule has 0 aliphatic carbocycles. The van der Waals surface area contributed by atoms with Gasteiger partial charge >= 0.3 is 0 Å². The van der Waals surface area contributed by atoms with Gasteiger partial charge in [-0.15, -0.1) is 11.8 Å². The number of nitrogens with one attached hydrogen (secondary N) is 1. The van der Waals surface area contributed by atoms with Crippen LogP contribution in [0.2, 0.25) is 0 Å². The van der Waals surface area contributed by atoms with Crippen molar-refractivity contribution in [2.45, 2.75) is 95.6 Å². The maximum Gasteiger partial charge on any atom is 0.216 e. The van der Waals surface area contributed by atoms with E-state index in [0.29, 0.717) is 17.5 Å². The van der Waals surface area contributed by atoms with Gasteiger partial charge in [0.15, 0.2) is 0 Å². The van der Waals surface area contributed by atoms with Crippen molar-refractivity contribution in [1.82, 2.24) is 5.32 Å². The van der Waals surface area contributed by atoms with Crippen molar-refractivity contribution >= 4 is 17.7 Å². The first kappa shape index (κ1) is 22.9. The molecule has 0 aromatic heterocycles. The Hall–Kier alpha value is -1.16. The molecule has 3 nitrogen and oxygen atoms in total. The number of rotatable bonds is 7. The third-order valence-corrected chi connectivity index (χ3v) is 5.70. The molecule has 1 unspecified atom stereocenters. The van der Waals surface area contributed by atoms with Gasteiger partial charge in [0.2, 0.25) is 5.91 Å². The lowest BCUT2D eigenvalue weighted by Crippen LogP contribution is -2.28. The van der Waals surface area contributed by atoms with Crippen LogP contribution in [0.1, 0.15) is 85.8 Å². The summed E-state index contributed by atoms with van der Waals surface area (Å²) in [6.07, 6.45) is 3.36. The maximum atomic E-state index is 11.3. The molecule has 0 saturated carbocycles. The van der Waals surface area contributed by atoms with Crippen molar-refractivity contribution in [1.29, 1.82) is 0 Å². The van der Waals surface area contributed by atoms with E-state index in [0.717, 1.165) is 30.4 Å². The predicted molar refractivity (Wildman–Crippen MR) is 113 cm³/mol. The summed E-state index contributed by atoms with van der Waals surface area (Å²) in [7, 11) is 0. The summed E-state index contributed by atoms with van der Waals surface area (Å²) >= 11 is 1.81. The van der Waals surface area contributed by atoms with E-state index in [-0.39, 0.29) is 16.7 Å². The van der Waals surface area contributed by atoms with Crippen molar-refractivity contribution < 1.29 is 9.90 Å². The van der Waals surface area contributed by atoms with Crippen LogP contribution in [0.3, 0.4) is 0 Å². The molecule has 0 fully saturated rings. The molecule has 1 amide bonds. The molecule has 4 heteroatoms. The molecule has 0 heterocycles. The van der Waals surface area contributed by atoms with Gasteiger partial charge in [-0.25, -0.2) is 0 Å². The van der Waals surface area contributed by atoms with Crippen LogP contribution in [0.25, 0.3) is 0 Å². The van der Waals surface area contributed by atoms with E-state index in [1.807, 2.05) is 11.8 Å². The van der Waals surface area contributed by atoms with Crippen molar-refractivity contribution in [3.05, 3.63) is 23.3 Å². The van der Waals surface area contributed by atoms with Crippen LogP contribution >= 0.6 is 11.8 Å². The number of amides is 1. The van der Waals surface area contributed by atoms with Crippen LogP contribution in [0.5, 0.6) is 5.75 Å². The zero-order valence-electron chi connectivity index (χ0n) is 17.8. The lowest BCUT2D eigenvalue weighted by molar-refractivity contribution is -0.118. The summed E-state index contributed by atoms with van der Waals surface area (Å²) in [5.41, 5.74) is 1.72. The van der Waals surface area contributed by atoms with Gasteiger partial charge in [0, 0.05) is 34.7 Å². The van der Waals surface area contributed by atoms with Crippen LogP contribution in [0, 0.1) is 0 Å². The highest BCUT2D eigenvalue weighted by molar-refractivity contribution is 8.00. The summed E-state index contributed by atoms with van der Waals surface area (Å²) in [4.78, 5) is 12.5. The molecule has 26 heavy (non-hydrogen) atoms. The minimum atomic E-state index is -0.128. The molecule has 1 aromatic rings. The van der Waals surface area contributed by atoms with Gasteiger partial charge in [0.05, 0.1) is 0 Å². The predicted octanol–water partition coefficient (Wildman–Crippen LogP) is 5.77. The van der Waals surface area contributed by atoms with Gasteiger partial charge in [-0.05, 0) is 29.4 Å². The van der Waals surface area contributed by atoms with Gasteiger partial charge in [0.1, 0.15) is 5.75 Å². The SMILES string of the molecule is CCCCC(CNC(C)=O)Sc1cc(C(C)(C)C)c(O)c(C(C)(C)C)c1. The average Bonchev–Trinajstić information content (AvgIpc) is 2.48. The van der Waals surface area contributed by atoms with E-state index < -0.39 is 0 Å². The Bertz CT molecular complexity index is 577. The number of phenolic OH excluding ortho intramolecular Hbond substituents is 1. The number of unbranched alkanes of at least 4 members (excludes halogenated alkanes) is 1. The third kappa shape index (κ3) is 6.86. The van der Waals surface area contributed by atoms with Crippen LogP contribution in [-0.2, 0) is 15.6 Å². The summed E-state index contributed by atoms with van der Waals surface area (Å²) in [6, 6.07) is 4.25. The largest absolute Gasteiger partial charge is 0.507 e. The number of benzene rings is 1. The molecule has 0 aliphatic heterocycles. The zero-order chi connectivity index (χ0) is 20.1. The van der Waals surface area contributed by atoms with E-state index in [1.165, 1.54) is 4.90 Å². The first-order valence-corrected chi connectivity index (χ1v) is 10.5. The summed E-state index contributed by atoms with van der Waals surface area (Å²) in [5, 5.41) is 14.2. The Balaban J connectivity index is 3.25. The normalized spacial score (nSPS) is 13.5. The standard InChI is InChI=1S/C22H37NO2S/c1-9-10-11-16(14-23-15(2)24)26-17-12-18(21(3,4)5)20(25)19(13-17)22(6,7)8/h12-13,16,25H,9-11,14H2,1-8H3,(H,23,24). The quantitative estimate of drug-likeness (QED) is 0.591. The number of hydrogen-bond acceptors (Lipinski definition) is 3. The highest BCUT2D eigenvalue weighted by atomic mass is 32.2. The number of phenols is 1. The fourth-order valence-corrected chi connectivity index (χ4v) is 4.11. The molecule has 2 N–H and O–H groups in total. The number of hydrogen-bond donors (Lipinski definition) is 2. The number of thioether (sulfide) groups is 1. The van der Waals surface area contributed by atoms with Gasteiger partial charge < -0.3 is 10.4 Å². The van der Waals surface area contributed by atoms with Gasteiger partial charge in [-0.2, -0.15) is 0 Å². The van der Waals surface area contributed by atoms with Crippen LogP contribution in [0.4, 0.5) is 0 Å². The summed E-state index contributed by atoms with van der Waals surface area (Å²) < 4.78 is 0. The van der Waals surface area contributed by atoms with E-state index in [9.17, 15) is 9.90 Å². The molecule has 0 saturated heterocycles. The second-order valence-corrected chi connectivity index (χ2v) is 10.6. The molecule has 1 atom stereocenters. The van der Waals surface area contributed by atoms with E-state index >= 15 is 0 Å². The number of carbonyl (C=O) groups excluding carboxylic acids is 1. The smallest absolute Gasteiger partial charge is 0.216 e. The highest BCUT2D eigenvalue weighted by Gasteiger charge is 2.27. The first-order chi connectivity index (χ1) is 11.9. The zero-order valence-corrected chi connectivity index (χ0v) is 18.6. The molecule has 1 rings (SSSR count). The lowest BCUT2D eigenvalue weighted by atomic mass is 9.79. The molecule has 1 aromatic carbocycles.